The minimum Gasteiger partial charge on any atom is -0.355 e. The first-order valence-corrected chi connectivity index (χ1v) is 8.01. The molecule has 0 saturated carbocycles. The summed E-state index contributed by atoms with van der Waals surface area (Å²) >= 11 is 0. The number of benzene rings is 1. The lowest BCUT2D eigenvalue weighted by Crippen LogP contribution is -2.24. The Morgan fingerprint density at radius 2 is 1.70 bits per heavy atom. The number of carbonyl (C=O) groups excluding carboxylic acids is 1. The summed E-state index contributed by atoms with van der Waals surface area (Å²) in [5.74, 6) is -0.245. The van der Waals surface area contributed by atoms with Gasteiger partial charge in [0.15, 0.2) is 21.9 Å². The van der Waals surface area contributed by atoms with Crippen molar-refractivity contribution in [2.45, 2.75) is 31.0 Å². The number of hydrogen-bond donors (Lipinski definition) is 0. The molecule has 0 amide bonds. The number of carbonyl (C=O) groups is 1. The molecule has 1 aromatic carbocycles. The lowest BCUT2D eigenvalue weighted by atomic mass is 10.1. The molecular formula is C14H20O5S. The van der Waals surface area contributed by atoms with Crippen LogP contribution in [0.4, 0.5) is 0 Å². The van der Waals surface area contributed by atoms with E-state index in [1.54, 1.807) is 12.1 Å². The van der Waals surface area contributed by atoms with Crippen molar-refractivity contribution in [2.24, 2.45) is 0 Å². The average molecular weight is 300 g/mol. The Bertz CT molecular complexity index is 529. The molecule has 5 nitrogen and oxygen atoms in total. The van der Waals surface area contributed by atoms with E-state index in [4.69, 9.17) is 9.47 Å². The highest BCUT2D eigenvalue weighted by Crippen LogP contribution is 2.15. The quantitative estimate of drug-likeness (QED) is 0.543. The van der Waals surface area contributed by atoms with Crippen molar-refractivity contribution >= 4 is 15.6 Å². The first-order chi connectivity index (χ1) is 9.44. The van der Waals surface area contributed by atoms with Crippen LogP contribution in [0.5, 0.6) is 0 Å². The Morgan fingerprint density at radius 3 is 2.15 bits per heavy atom. The van der Waals surface area contributed by atoms with Gasteiger partial charge in [-0.3, -0.25) is 4.79 Å². The van der Waals surface area contributed by atoms with Crippen LogP contribution < -0.4 is 0 Å². The summed E-state index contributed by atoms with van der Waals surface area (Å²) in [5, 5.41) is 0. The van der Waals surface area contributed by atoms with E-state index in [1.165, 1.54) is 26.4 Å². The Balaban J connectivity index is 2.89. The molecule has 0 aromatic heterocycles. The Morgan fingerprint density at radius 1 is 1.15 bits per heavy atom. The Kier molecular flexibility index (Phi) is 6.32. The van der Waals surface area contributed by atoms with E-state index in [2.05, 4.69) is 0 Å². The second-order valence-electron chi connectivity index (χ2n) is 4.38. The van der Waals surface area contributed by atoms with E-state index in [9.17, 15) is 13.2 Å². The van der Waals surface area contributed by atoms with Crippen LogP contribution in [-0.2, 0) is 19.3 Å². The molecule has 1 aromatic rings. The SMILES string of the molecule is CCCC(=O)c1ccc(S(=O)(=O)CC(OC)OC)cc1. The average Bonchev–Trinajstić information content (AvgIpc) is 2.45. The minimum absolute atomic E-state index is 0.0168. The highest BCUT2D eigenvalue weighted by atomic mass is 32.2. The molecule has 0 saturated heterocycles. The van der Waals surface area contributed by atoms with Crippen LogP contribution in [0.15, 0.2) is 29.2 Å². The molecule has 0 atom stereocenters. The summed E-state index contributed by atoms with van der Waals surface area (Å²) in [4.78, 5) is 11.8. The third kappa shape index (κ3) is 4.40. The van der Waals surface area contributed by atoms with Gasteiger partial charge in [0, 0.05) is 26.2 Å². The van der Waals surface area contributed by atoms with Crippen molar-refractivity contribution in [3.63, 3.8) is 0 Å². The fourth-order valence-electron chi connectivity index (χ4n) is 1.73. The molecule has 0 heterocycles. The molecule has 0 radical (unpaired) electrons. The van der Waals surface area contributed by atoms with Gasteiger partial charge in [-0.05, 0) is 18.6 Å². The van der Waals surface area contributed by atoms with Crippen LogP contribution in [0.2, 0.25) is 0 Å². The van der Waals surface area contributed by atoms with Crippen molar-refractivity contribution < 1.29 is 22.7 Å². The number of rotatable bonds is 8. The largest absolute Gasteiger partial charge is 0.355 e. The van der Waals surface area contributed by atoms with Crippen LogP contribution in [0.3, 0.4) is 0 Å². The predicted octanol–water partition coefficient (Wildman–Crippen LogP) is 2.06. The molecule has 6 heteroatoms. The molecule has 0 spiro atoms. The Labute approximate surface area is 119 Å². The maximum Gasteiger partial charge on any atom is 0.183 e. The van der Waals surface area contributed by atoms with Crippen molar-refractivity contribution in [1.82, 2.24) is 0 Å². The monoisotopic (exact) mass is 300 g/mol. The normalized spacial score (nSPS) is 11.8. The maximum atomic E-state index is 12.1. The van der Waals surface area contributed by atoms with Gasteiger partial charge in [-0.2, -0.15) is 0 Å². The molecule has 0 aliphatic carbocycles. The lowest BCUT2D eigenvalue weighted by Gasteiger charge is -2.13. The van der Waals surface area contributed by atoms with Crippen molar-refractivity contribution in [1.29, 1.82) is 0 Å². The second kappa shape index (κ2) is 7.52. The van der Waals surface area contributed by atoms with Crippen LogP contribution >= 0.6 is 0 Å². The van der Waals surface area contributed by atoms with Crippen LogP contribution in [-0.4, -0.2) is 40.5 Å². The molecular weight excluding hydrogens is 280 g/mol. The van der Waals surface area contributed by atoms with Crippen LogP contribution in [0.25, 0.3) is 0 Å². The molecule has 0 fully saturated rings. The van der Waals surface area contributed by atoms with Gasteiger partial charge in [0.2, 0.25) is 0 Å². The lowest BCUT2D eigenvalue weighted by molar-refractivity contribution is -0.0851. The smallest absolute Gasteiger partial charge is 0.183 e. The van der Waals surface area contributed by atoms with Crippen molar-refractivity contribution in [3.8, 4) is 0 Å². The van der Waals surface area contributed by atoms with Gasteiger partial charge in [0.05, 0.1) is 4.90 Å². The number of Topliss-reactive ketones (excluding diaryl/α,β-unsaturated/α-hetero) is 1. The van der Waals surface area contributed by atoms with Gasteiger partial charge in [-0.1, -0.05) is 19.1 Å². The number of hydrogen-bond acceptors (Lipinski definition) is 5. The Hall–Kier alpha value is -1.24. The van der Waals surface area contributed by atoms with E-state index in [0.29, 0.717) is 12.0 Å². The molecule has 0 N–H and O–H groups in total. The zero-order valence-electron chi connectivity index (χ0n) is 12.0. The second-order valence-corrected chi connectivity index (χ2v) is 6.41. The summed E-state index contributed by atoms with van der Waals surface area (Å²) < 4.78 is 34.0. The highest BCUT2D eigenvalue weighted by molar-refractivity contribution is 7.91. The number of ketones is 1. The summed E-state index contributed by atoms with van der Waals surface area (Å²) in [7, 11) is -0.730. The zero-order valence-corrected chi connectivity index (χ0v) is 12.8. The first-order valence-electron chi connectivity index (χ1n) is 6.36. The molecule has 0 bridgehead atoms. The topological polar surface area (TPSA) is 69.7 Å². The number of sulfone groups is 1. The third-order valence-electron chi connectivity index (χ3n) is 2.89. The summed E-state index contributed by atoms with van der Waals surface area (Å²) in [5.41, 5.74) is 0.529. The van der Waals surface area contributed by atoms with E-state index < -0.39 is 16.1 Å². The minimum atomic E-state index is -3.50. The van der Waals surface area contributed by atoms with Crippen molar-refractivity contribution in [2.75, 3.05) is 20.0 Å². The standard InChI is InChI=1S/C14H20O5S/c1-4-5-13(15)11-6-8-12(9-7-11)20(16,17)10-14(18-2)19-3/h6-9,14H,4-5,10H2,1-3H3. The van der Waals surface area contributed by atoms with Gasteiger partial charge in [0.25, 0.3) is 0 Å². The number of ether oxygens (including phenoxy) is 2. The molecule has 112 valence electrons. The summed E-state index contributed by atoms with van der Waals surface area (Å²) in [6.07, 6.45) is 0.422. The van der Waals surface area contributed by atoms with E-state index in [1.807, 2.05) is 6.92 Å². The molecule has 0 aliphatic heterocycles. The molecule has 0 unspecified atom stereocenters. The van der Waals surface area contributed by atoms with Gasteiger partial charge in [-0.25, -0.2) is 8.42 Å². The fraction of sp³-hybridized carbons (Fsp3) is 0.500. The highest BCUT2D eigenvalue weighted by Gasteiger charge is 2.21. The van der Waals surface area contributed by atoms with Crippen LogP contribution in [0.1, 0.15) is 30.1 Å². The number of methoxy groups -OCH3 is 2. The van der Waals surface area contributed by atoms with Crippen molar-refractivity contribution in [3.05, 3.63) is 29.8 Å². The molecule has 20 heavy (non-hydrogen) atoms. The van der Waals surface area contributed by atoms with Crippen LogP contribution in [0, 0.1) is 0 Å². The summed E-state index contributed by atoms with van der Waals surface area (Å²) in [6, 6.07) is 5.97. The van der Waals surface area contributed by atoms with E-state index in [-0.39, 0.29) is 16.4 Å². The fourth-order valence-corrected chi connectivity index (χ4v) is 3.10. The van der Waals surface area contributed by atoms with Gasteiger partial charge < -0.3 is 9.47 Å². The van der Waals surface area contributed by atoms with Gasteiger partial charge in [-0.15, -0.1) is 0 Å². The van der Waals surface area contributed by atoms with E-state index in [0.717, 1.165) is 6.42 Å². The zero-order chi connectivity index (χ0) is 15.2. The van der Waals surface area contributed by atoms with E-state index >= 15 is 0 Å². The third-order valence-corrected chi connectivity index (χ3v) is 4.60. The van der Waals surface area contributed by atoms with Gasteiger partial charge in [0.1, 0.15) is 5.75 Å². The molecule has 1 rings (SSSR count). The molecule has 0 aliphatic rings. The predicted molar refractivity (Wildman–Crippen MR) is 75.5 cm³/mol. The first kappa shape index (κ1) is 16.8. The maximum absolute atomic E-state index is 12.1. The van der Waals surface area contributed by atoms with Gasteiger partial charge >= 0.3 is 0 Å². The summed E-state index contributed by atoms with van der Waals surface area (Å²) in [6.45, 7) is 1.92.